The number of hydrogen-bond acceptors (Lipinski definition) is 7. The van der Waals surface area contributed by atoms with Crippen LogP contribution < -0.4 is 20.3 Å². The number of anilines is 2. The minimum absolute atomic E-state index is 0.0617. The van der Waals surface area contributed by atoms with Gasteiger partial charge in [-0.2, -0.15) is 0 Å². The van der Waals surface area contributed by atoms with Crippen molar-refractivity contribution >= 4 is 40.3 Å². The van der Waals surface area contributed by atoms with Crippen LogP contribution in [0.4, 0.5) is 17.1 Å². The summed E-state index contributed by atoms with van der Waals surface area (Å²) in [7, 11) is 0. The van der Waals surface area contributed by atoms with Gasteiger partial charge in [0.1, 0.15) is 5.75 Å². The van der Waals surface area contributed by atoms with Gasteiger partial charge < -0.3 is 19.7 Å². The molecule has 0 atom stereocenters. The standard InChI is InChI=1S/C20H22N4O5S/c1-2-29-18-6-4-3-5-16(18)21-20(30)22-19(25)15-13-14(24(26)27)7-8-17(15)23-9-11-28-12-10-23/h3-8,13H,2,9-12H2,1H3,(H2,21,22,25,30). The predicted octanol–water partition coefficient (Wildman–Crippen LogP) is 2.96. The first-order chi connectivity index (χ1) is 14.5. The van der Waals surface area contributed by atoms with Crippen LogP contribution in [0.1, 0.15) is 17.3 Å². The molecule has 1 fully saturated rings. The monoisotopic (exact) mass is 430 g/mol. The summed E-state index contributed by atoms with van der Waals surface area (Å²) in [6, 6.07) is 11.4. The van der Waals surface area contributed by atoms with E-state index in [4.69, 9.17) is 21.7 Å². The Balaban J connectivity index is 1.80. The van der Waals surface area contributed by atoms with E-state index in [0.29, 0.717) is 50.0 Å². The zero-order valence-corrected chi connectivity index (χ0v) is 17.2. The second-order valence-corrected chi connectivity index (χ2v) is 6.80. The fourth-order valence-corrected chi connectivity index (χ4v) is 3.28. The molecule has 0 bridgehead atoms. The number of rotatable bonds is 6. The average molecular weight is 430 g/mol. The van der Waals surface area contributed by atoms with Crippen LogP contribution in [0, 0.1) is 10.1 Å². The summed E-state index contributed by atoms with van der Waals surface area (Å²) in [6.45, 7) is 4.56. The maximum atomic E-state index is 12.9. The molecule has 2 aromatic rings. The third-order valence-corrected chi connectivity index (χ3v) is 4.65. The Hall–Kier alpha value is -3.24. The van der Waals surface area contributed by atoms with Crippen LogP contribution in [-0.2, 0) is 4.74 Å². The van der Waals surface area contributed by atoms with Gasteiger partial charge in [0.2, 0.25) is 0 Å². The Morgan fingerprint density at radius 2 is 2.00 bits per heavy atom. The molecule has 10 heteroatoms. The number of hydrogen-bond donors (Lipinski definition) is 2. The predicted molar refractivity (Wildman–Crippen MR) is 117 cm³/mol. The number of thiocarbonyl (C=S) groups is 1. The van der Waals surface area contributed by atoms with Crippen molar-refractivity contribution < 1.29 is 19.2 Å². The number of non-ortho nitro benzene ring substituents is 1. The van der Waals surface area contributed by atoms with Gasteiger partial charge in [-0.15, -0.1) is 0 Å². The fraction of sp³-hybridized carbons (Fsp3) is 0.300. The third kappa shape index (κ3) is 5.22. The van der Waals surface area contributed by atoms with Crippen molar-refractivity contribution in [3.63, 3.8) is 0 Å². The molecule has 1 aliphatic rings. The third-order valence-electron chi connectivity index (χ3n) is 4.45. The molecule has 0 spiro atoms. The van der Waals surface area contributed by atoms with Crippen molar-refractivity contribution in [3.05, 3.63) is 58.1 Å². The smallest absolute Gasteiger partial charge is 0.270 e. The molecule has 1 saturated heterocycles. The van der Waals surface area contributed by atoms with E-state index >= 15 is 0 Å². The van der Waals surface area contributed by atoms with E-state index < -0.39 is 10.8 Å². The molecule has 1 heterocycles. The largest absolute Gasteiger partial charge is 0.492 e. The number of carbonyl (C=O) groups is 1. The second kappa shape index (κ2) is 9.99. The number of para-hydroxylation sites is 2. The van der Waals surface area contributed by atoms with Crippen molar-refractivity contribution in [1.82, 2.24) is 5.32 Å². The number of nitrogens with zero attached hydrogens (tertiary/aromatic N) is 2. The maximum Gasteiger partial charge on any atom is 0.270 e. The molecule has 0 aromatic heterocycles. The number of morpholine rings is 1. The van der Waals surface area contributed by atoms with E-state index in [1.165, 1.54) is 12.1 Å². The molecule has 30 heavy (non-hydrogen) atoms. The van der Waals surface area contributed by atoms with Crippen molar-refractivity contribution in [2.45, 2.75) is 6.92 Å². The van der Waals surface area contributed by atoms with Gasteiger partial charge in [-0.1, -0.05) is 12.1 Å². The number of amides is 1. The summed E-state index contributed by atoms with van der Waals surface area (Å²) >= 11 is 5.27. The normalized spacial score (nSPS) is 13.4. The van der Waals surface area contributed by atoms with E-state index in [9.17, 15) is 14.9 Å². The highest BCUT2D eigenvalue weighted by Crippen LogP contribution is 2.27. The van der Waals surface area contributed by atoms with Crippen LogP contribution >= 0.6 is 12.2 Å². The van der Waals surface area contributed by atoms with E-state index in [-0.39, 0.29) is 16.4 Å². The SMILES string of the molecule is CCOc1ccccc1NC(=S)NC(=O)c1cc([N+](=O)[O-])ccc1N1CCOCC1. The van der Waals surface area contributed by atoms with Gasteiger partial charge in [-0.05, 0) is 37.3 Å². The van der Waals surface area contributed by atoms with Crippen molar-refractivity contribution in [2.24, 2.45) is 0 Å². The van der Waals surface area contributed by atoms with Crippen molar-refractivity contribution in [2.75, 3.05) is 43.1 Å². The van der Waals surface area contributed by atoms with Crippen LogP contribution in [0.25, 0.3) is 0 Å². The number of nitro groups is 1. The van der Waals surface area contributed by atoms with E-state index in [1.54, 1.807) is 18.2 Å². The lowest BCUT2D eigenvalue weighted by Gasteiger charge is -2.30. The average Bonchev–Trinajstić information content (AvgIpc) is 2.75. The molecular formula is C20H22N4O5S. The van der Waals surface area contributed by atoms with E-state index in [1.807, 2.05) is 24.0 Å². The summed E-state index contributed by atoms with van der Waals surface area (Å²) in [5.41, 5.74) is 1.21. The van der Waals surface area contributed by atoms with Crippen LogP contribution in [0.2, 0.25) is 0 Å². The number of nitro benzene ring substituents is 1. The Kier molecular flexibility index (Phi) is 7.15. The van der Waals surface area contributed by atoms with Gasteiger partial charge in [0, 0.05) is 25.2 Å². The van der Waals surface area contributed by atoms with Crippen LogP contribution in [0.3, 0.4) is 0 Å². The molecular weight excluding hydrogens is 408 g/mol. The Morgan fingerprint density at radius 3 is 2.70 bits per heavy atom. The maximum absolute atomic E-state index is 12.9. The second-order valence-electron chi connectivity index (χ2n) is 6.40. The minimum atomic E-state index is -0.536. The zero-order chi connectivity index (χ0) is 21.5. The lowest BCUT2D eigenvalue weighted by Crippen LogP contribution is -2.39. The van der Waals surface area contributed by atoms with Crippen molar-refractivity contribution in [3.8, 4) is 5.75 Å². The van der Waals surface area contributed by atoms with Gasteiger partial charge in [-0.25, -0.2) is 0 Å². The van der Waals surface area contributed by atoms with Crippen molar-refractivity contribution in [1.29, 1.82) is 0 Å². The first-order valence-electron chi connectivity index (χ1n) is 9.45. The highest BCUT2D eigenvalue weighted by Gasteiger charge is 2.22. The summed E-state index contributed by atoms with van der Waals surface area (Å²) in [5, 5.41) is 16.8. The highest BCUT2D eigenvalue weighted by molar-refractivity contribution is 7.80. The fourth-order valence-electron chi connectivity index (χ4n) is 3.07. The number of nitrogens with one attached hydrogen (secondary N) is 2. The Morgan fingerprint density at radius 1 is 1.27 bits per heavy atom. The number of benzene rings is 2. The molecule has 1 amide bonds. The topological polar surface area (TPSA) is 106 Å². The lowest BCUT2D eigenvalue weighted by atomic mass is 10.1. The lowest BCUT2D eigenvalue weighted by molar-refractivity contribution is -0.384. The van der Waals surface area contributed by atoms with Gasteiger partial charge in [0.15, 0.2) is 5.11 Å². The Bertz CT molecular complexity index is 947. The summed E-state index contributed by atoms with van der Waals surface area (Å²) < 4.78 is 10.9. The summed E-state index contributed by atoms with van der Waals surface area (Å²) in [5.74, 6) is 0.0625. The molecule has 158 valence electrons. The summed E-state index contributed by atoms with van der Waals surface area (Å²) in [6.07, 6.45) is 0. The molecule has 9 nitrogen and oxygen atoms in total. The van der Waals surface area contributed by atoms with Gasteiger partial charge in [0.25, 0.3) is 11.6 Å². The number of carbonyl (C=O) groups excluding carboxylic acids is 1. The molecule has 0 aliphatic carbocycles. The molecule has 1 aliphatic heterocycles. The Labute approximate surface area is 179 Å². The van der Waals surface area contributed by atoms with Gasteiger partial charge in [-0.3, -0.25) is 20.2 Å². The molecule has 0 saturated carbocycles. The van der Waals surface area contributed by atoms with Crippen LogP contribution in [-0.4, -0.2) is 48.9 Å². The molecule has 2 aromatic carbocycles. The first-order valence-corrected chi connectivity index (χ1v) is 9.85. The van der Waals surface area contributed by atoms with Crippen LogP contribution in [0.5, 0.6) is 5.75 Å². The zero-order valence-electron chi connectivity index (χ0n) is 16.4. The minimum Gasteiger partial charge on any atom is -0.492 e. The molecule has 2 N–H and O–H groups in total. The highest BCUT2D eigenvalue weighted by atomic mass is 32.1. The van der Waals surface area contributed by atoms with Crippen LogP contribution in [0.15, 0.2) is 42.5 Å². The van der Waals surface area contributed by atoms with E-state index in [2.05, 4.69) is 10.6 Å². The summed E-state index contributed by atoms with van der Waals surface area (Å²) in [4.78, 5) is 25.6. The molecule has 0 unspecified atom stereocenters. The molecule has 3 rings (SSSR count). The first kappa shape index (κ1) is 21.5. The van der Waals surface area contributed by atoms with E-state index in [0.717, 1.165) is 0 Å². The molecule has 0 radical (unpaired) electrons. The quantitative estimate of drug-likeness (QED) is 0.409. The van der Waals surface area contributed by atoms with Gasteiger partial charge >= 0.3 is 0 Å². The van der Waals surface area contributed by atoms with Gasteiger partial charge in [0.05, 0.1) is 41.7 Å². The number of ether oxygens (including phenoxy) is 2.